The first-order valence-electron chi connectivity index (χ1n) is 7.50. The number of rotatable bonds is 4. The maximum Gasteiger partial charge on any atom is 0.146 e. The summed E-state index contributed by atoms with van der Waals surface area (Å²) in [6.45, 7) is 7.21. The van der Waals surface area contributed by atoms with E-state index in [0.717, 1.165) is 47.8 Å². The zero-order valence-corrected chi connectivity index (χ0v) is 13.4. The molecule has 0 aromatic carbocycles. The highest BCUT2D eigenvalue weighted by Gasteiger charge is 2.28. The van der Waals surface area contributed by atoms with Gasteiger partial charge in [0.2, 0.25) is 0 Å². The van der Waals surface area contributed by atoms with E-state index in [9.17, 15) is 5.11 Å². The van der Waals surface area contributed by atoms with E-state index in [-0.39, 0.29) is 0 Å². The van der Waals surface area contributed by atoms with Crippen LogP contribution in [0.5, 0.6) is 0 Å². The third-order valence-electron chi connectivity index (χ3n) is 3.83. The minimum Gasteiger partial charge on any atom is -0.389 e. The van der Waals surface area contributed by atoms with Crippen LogP contribution in [0.1, 0.15) is 32.5 Å². The van der Waals surface area contributed by atoms with E-state index in [1.807, 2.05) is 6.92 Å². The molecule has 21 heavy (non-hydrogen) atoms. The lowest BCUT2D eigenvalue weighted by Crippen LogP contribution is -2.45. The Bertz CT molecular complexity index is 625. The summed E-state index contributed by atoms with van der Waals surface area (Å²) in [6, 6.07) is 2.06. The fourth-order valence-corrected chi connectivity index (χ4v) is 3.71. The molecule has 2 aromatic rings. The fourth-order valence-electron chi connectivity index (χ4n) is 2.93. The predicted molar refractivity (Wildman–Crippen MR) is 86.7 cm³/mol. The Morgan fingerprint density at radius 2 is 2.33 bits per heavy atom. The lowest BCUT2D eigenvalue weighted by Gasteiger charge is -2.36. The van der Waals surface area contributed by atoms with Crippen molar-refractivity contribution in [1.82, 2.24) is 14.9 Å². The summed E-state index contributed by atoms with van der Waals surface area (Å²) in [4.78, 5) is 12.6. The van der Waals surface area contributed by atoms with Crippen LogP contribution in [-0.2, 0) is 6.54 Å². The Morgan fingerprint density at radius 3 is 3.10 bits per heavy atom. The number of fused-ring (bicyclic) bond motifs is 1. The summed E-state index contributed by atoms with van der Waals surface area (Å²) < 4.78 is 0. The molecule has 0 spiro atoms. The molecule has 2 aromatic heterocycles. The van der Waals surface area contributed by atoms with E-state index < -0.39 is 5.60 Å². The van der Waals surface area contributed by atoms with Crippen LogP contribution >= 0.6 is 11.3 Å². The number of β-amino-alcohol motifs (C(OH)–C–C–N with tert-alkyl or cyclic N) is 1. The molecule has 5 nitrogen and oxygen atoms in total. The van der Waals surface area contributed by atoms with E-state index >= 15 is 0 Å². The van der Waals surface area contributed by atoms with Crippen molar-refractivity contribution in [3.63, 3.8) is 0 Å². The molecular formula is C15H22N4OS. The summed E-state index contributed by atoms with van der Waals surface area (Å²) in [5, 5.41) is 16.7. The first-order valence-corrected chi connectivity index (χ1v) is 8.38. The van der Waals surface area contributed by atoms with Crippen LogP contribution in [0.25, 0.3) is 10.2 Å². The number of nitrogens with one attached hydrogen (secondary N) is 1. The van der Waals surface area contributed by atoms with Gasteiger partial charge in [-0.25, -0.2) is 9.97 Å². The Labute approximate surface area is 129 Å². The molecule has 1 aliphatic heterocycles. The molecule has 1 atom stereocenters. The number of hydrogen-bond acceptors (Lipinski definition) is 6. The van der Waals surface area contributed by atoms with Crippen LogP contribution in [0.15, 0.2) is 11.4 Å². The second-order valence-electron chi connectivity index (χ2n) is 5.97. The van der Waals surface area contributed by atoms with Gasteiger partial charge in [0.15, 0.2) is 0 Å². The third kappa shape index (κ3) is 3.33. The van der Waals surface area contributed by atoms with Gasteiger partial charge in [0, 0.05) is 13.1 Å². The zero-order valence-electron chi connectivity index (χ0n) is 12.6. The smallest absolute Gasteiger partial charge is 0.146 e. The molecule has 1 unspecified atom stereocenters. The second kappa shape index (κ2) is 5.87. The lowest BCUT2D eigenvalue weighted by atomic mass is 9.95. The van der Waals surface area contributed by atoms with Crippen LogP contribution in [0, 0.1) is 0 Å². The summed E-state index contributed by atoms with van der Waals surface area (Å²) in [5.74, 6) is 1.75. The van der Waals surface area contributed by atoms with Crippen LogP contribution in [0.4, 0.5) is 5.82 Å². The van der Waals surface area contributed by atoms with Crippen molar-refractivity contribution in [3.8, 4) is 0 Å². The lowest BCUT2D eigenvalue weighted by molar-refractivity contribution is -0.0188. The maximum absolute atomic E-state index is 10.2. The number of aromatic nitrogens is 2. The molecule has 3 heterocycles. The average Bonchev–Trinajstić information content (AvgIpc) is 2.86. The highest BCUT2D eigenvalue weighted by Crippen LogP contribution is 2.26. The summed E-state index contributed by atoms with van der Waals surface area (Å²) in [5.41, 5.74) is -0.588. The number of nitrogens with zero attached hydrogens (tertiary/aromatic N) is 3. The van der Waals surface area contributed by atoms with Gasteiger partial charge in [0.1, 0.15) is 16.5 Å². The zero-order chi connectivity index (χ0) is 14.9. The molecular weight excluding hydrogens is 284 g/mol. The topological polar surface area (TPSA) is 61.3 Å². The van der Waals surface area contributed by atoms with Gasteiger partial charge >= 0.3 is 0 Å². The minimum atomic E-state index is -0.588. The fraction of sp³-hybridized carbons (Fsp3) is 0.600. The van der Waals surface area contributed by atoms with Crippen LogP contribution in [0.3, 0.4) is 0 Å². The highest BCUT2D eigenvalue weighted by atomic mass is 32.1. The molecule has 114 valence electrons. The molecule has 0 aliphatic carbocycles. The molecule has 0 bridgehead atoms. The van der Waals surface area contributed by atoms with Crippen LogP contribution in [0.2, 0.25) is 0 Å². The van der Waals surface area contributed by atoms with Gasteiger partial charge in [0.25, 0.3) is 0 Å². The molecule has 6 heteroatoms. The van der Waals surface area contributed by atoms with Crippen molar-refractivity contribution < 1.29 is 5.11 Å². The van der Waals surface area contributed by atoms with E-state index in [1.54, 1.807) is 11.3 Å². The molecule has 0 amide bonds. The number of anilines is 1. The summed E-state index contributed by atoms with van der Waals surface area (Å²) >= 11 is 1.64. The first kappa shape index (κ1) is 14.7. The largest absolute Gasteiger partial charge is 0.389 e. The van der Waals surface area contributed by atoms with E-state index in [0.29, 0.717) is 13.1 Å². The van der Waals surface area contributed by atoms with Crippen molar-refractivity contribution >= 4 is 27.4 Å². The monoisotopic (exact) mass is 306 g/mol. The van der Waals surface area contributed by atoms with E-state index in [4.69, 9.17) is 0 Å². The normalized spacial score (nSPS) is 23.6. The third-order valence-corrected chi connectivity index (χ3v) is 4.64. The quantitative estimate of drug-likeness (QED) is 0.908. The Kier molecular flexibility index (Phi) is 4.10. The van der Waals surface area contributed by atoms with Crippen LogP contribution in [-0.4, -0.2) is 45.2 Å². The van der Waals surface area contributed by atoms with Gasteiger partial charge in [-0.15, -0.1) is 11.3 Å². The number of piperidine rings is 1. The second-order valence-corrected chi connectivity index (χ2v) is 6.86. The van der Waals surface area contributed by atoms with Gasteiger partial charge in [-0.1, -0.05) is 0 Å². The van der Waals surface area contributed by atoms with E-state index in [2.05, 4.69) is 38.6 Å². The SMILES string of the molecule is CCNc1nc(CN2CCCC(C)(O)C2)nc2sccc12. The number of hydrogen-bond donors (Lipinski definition) is 2. The number of thiophene rings is 1. The van der Waals surface area contributed by atoms with Crippen molar-refractivity contribution in [1.29, 1.82) is 0 Å². The van der Waals surface area contributed by atoms with Crippen molar-refractivity contribution in [2.75, 3.05) is 25.0 Å². The van der Waals surface area contributed by atoms with Crippen molar-refractivity contribution in [2.24, 2.45) is 0 Å². The molecule has 1 saturated heterocycles. The van der Waals surface area contributed by atoms with Gasteiger partial charge in [-0.05, 0) is 44.7 Å². The van der Waals surface area contributed by atoms with Gasteiger partial charge < -0.3 is 10.4 Å². The number of likely N-dealkylation sites (tertiary alicyclic amines) is 1. The standard InChI is InChI=1S/C15H22N4OS/c1-3-16-13-11-5-8-21-14(11)18-12(17-13)9-19-7-4-6-15(2,20)10-19/h5,8,20H,3-4,6-7,9-10H2,1-2H3,(H,16,17,18). The van der Waals surface area contributed by atoms with Gasteiger partial charge in [-0.2, -0.15) is 0 Å². The molecule has 0 radical (unpaired) electrons. The van der Waals surface area contributed by atoms with Gasteiger partial charge in [-0.3, -0.25) is 4.90 Å². The Balaban J connectivity index is 1.83. The van der Waals surface area contributed by atoms with Crippen molar-refractivity contribution in [2.45, 2.75) is 38.8 Å². The molecule has 1 fully saturated rings. The maximum atomic E-state index is 10.2. The summed E-state index contributed by atoms with van der Waals surface area (Å²) in [7, 11) is 0. The Hall–Kier alpha value is -1.24. The Morgan fingerprint density at radius 1 is 1.48 bits per heavy atom. The van der Waals surface area contributed by atoms with Crippen LogP contribution < -0.4 is 5.32 Å². The van der Waals surface area contributed by atoms with Crippen molar-refractivity contribution in [3.05, 3.63) is 17.3 Å². The number of aliphatic hydroxyl groups is 1. The van der Waals surface area contributed by atoms with E-state index in [1.165, 1.54) is 0 Å². The molecule has 2 N–H and O–H groups in total. The molecule has 1 aliphatic rings. The molecule has 0 saturated carbocycles. The predicted octanol–water partition coefficient (Wildman–Crippen LogP) is 2.47. The van der Waals surface area contributed by atoms with Gasteiger partial charge in [0.05, 0.1) is 17.5 Å². The highest BCUT2D eigenvalue weighted by molar-refractivity contribution is 7.16. The average molecular weight is 306 g/mol. The summed E-state index contributed by atoms with van der Waals surface area (Å²) in [6.07, 6.45) is 1.89. The minimum absolute atomic E-state index is 0.588. The molecule has 3 rings (SSSR count). The first-order chi connectivity index (χ1) is 10.1.